The molecule has 0 saturated heterocycles. The summed E-state index contributed by atoms with van der Waals surface area (Å²) in [4.78, 5) is 12.1. The number of benzene rings is 2. The summed E-state index contributed by atoms with van der Waals surface area (Å²) in [6.45, 7) is 2.04. The average Bonchev–Trinajstić information content (AvgIpc) is 2.65. The van der Waals surface area contributed by atoms with Crippen LogP contribution in [-0.2, 0) is 4.79 Å². The van der Waals surface area contributed by atoms with Crippen molar-refractivity contribution in [2.45, 2.75) is 11.9 Å². The molecule has 0 aliphatic heterocycles. The second kappa shape index (κ2) is 8.54. The van der Waals surface area contributed by atoms with E-state index in [9.17, 15) is 4.79 Å². The van der Waals surface area contributed by atoms with Gasteiger partial charge in [-0.05, 0) is 31.2 Å². The number of hydrogen-bond donors (Lipinski definition) is 1. The lowest BCUT2D eigenvalue weighted by molar-refractivity contribution is -0.113. The quantitative estimate of drug-likeness (QED) is 0.572. The predicted molar refractivity (Wildman–Crippen MR) is 108 cm³/mol. The Kier molecular flexibility index (Phi) is 6.14. The van der Waals surface area contributed by atoms with Gasteiger partial charge in [0.1, 0.15) is 5.03 Å². The summed E-state index contributed by atoms with van der Waals surface area (Å²) < 4.78 is 0. The van der Waals surface area contributed by atoms with Gasteiger partial charge in [-0.2, -0.15) is 0 Å². The van der Waals surface area contributed by atoms with Crippen molar-refractivity contribution >= 4 is 46.6 Å². The third kappa shape index (κ3) is 4.75. The molecular formula is C19H15Cl2N3OS. The molecule has 0 unspecified atom stereocenters. The Morgan fingerprint density at radius 3 is 2.50 bits per heavy atom. The lowest BCUT2D eigenvalue weighted by Crippen LogP contribution is -2.14. The van der Waals surface area contributed by atoms with E-state index >= 15 is 0 Å². The largest absolute Gasteiger partial charge is 0.324 e. The highest BCUT2D eigenvalue weighted by Crippen LogP contribution is 2.29. The van der Waals surface area contributed by atoms with Gasteiger partial charge in [0.15, 0.2) is 0 Å². The molecule has 26 heavy (non-hydrogen) atoms. The number of aromatic nitrogens is 2. The zero-order chi connectivity index (χ0) is 18.5. The molecule has 7 heteroatoms. The monoisotopic (exact) mass is 403 g/mol. The van der Waals surface area contributed by atoms with Gasteiger partial charge in [0.05, 0.1) is 27.2 Å². The maximum absolute atomic E-state index is 12.1. The molecule has 0 radical (unpaired) electrons. The molecule has 132 valence electrons. The van der Waals surface area contributed by atoms with Crippen LogP contribution in [-0.4, -0.2) is 21.9 Å². The van der Waals surface area contributed by atoms with Gasteiger partial charge in [-0.15, -0.1) is 10.2 Å². The number of thioether (sulfide) groups is 1. The van der Waals surface area contributed by atoms with Gasteiger partial charge in [-0.1, -0.05) is 70.9 Å². The Labute approximate surface area is 165 Å². The van der Waals surface area contributed by atoms with Crippen LogP contribution >= 0.6 is 35.0 Å². The second-order valence-corrected chi connectivity index (χ2v) is 7.34. The van der Waals surface area contributed by atoms with Crippen molar-refractivity contribution in [3.63, 3.8) is 0 Å². The van der Waals surface area contributed by atoms with E-state index in [0.29, 0.717) is 20.8 Å². The van der Waals surface area contributed by atoms with E-state index in [0.717, 1.165) is 11.3 Å². The molecule has 2 aromatic carbocycles. The van der Waals surface area contributed by atoms with Crippen molar-refractivity contribution in [3.8, 4) is 11.3 Å². The number of carbonyl (C=O) groups is 1. The highest BCUT2D eigenvalue weighted by atomic mass is 35.5. The number of hydrogen-bond acceptors (Lipinski definition) is 4. The summed E-state index contributed by atoms with van der Waals surface area (Å²) >= 11 is 13.3. The van der Waals surface area contributed by atoms with Crippen molar-refractivity contribution in [2.24, 2.45) is 0 Å². The summed E-state index contributed by atoms with van der Waals surface area (Å²) in [5, 5.41) is 12.5. The average molecular weight is 404 g/mol. The molecule has 4 nitrogen and oxygen atoms in total. The van der Waals surface area contributed by atoms with Gasteiger partial charge in [0.25, 0.3) is 0 Å². The SMILES string of the molecule is Cc1ccc(-c2ccc(SCC(=O)Nc3cccc(Cl)c3Cl)nn2)cc1. The van der Waals surface area contributed by atoms with Crippen LogP contribution in [0.15, 0.2) is 59.6 Å². The standard InChI is InChI=1S/C19H15Cl2N3OS/c1-12-5-7-13(8-6-12)15-9-10-18(24-23-15)26-11-17(25)22-16-4-2-3-14(20)19(16)21/h2-10H,11H2,1H3,(H,22,25). The first-order valence-electron chi connectivity index (χ1n) is 7.80. The van der Waals surface area contributed by atoms with E-state index in [4.69, 9.17) is 23.2 Å². The van der Waals surface area contributed by atoms with E-state index in [2.05, 4.69) is 15.5 Å². The fourth-order valence-electron chi connectivity index (χ4n) is 2.20. The van der Waals surface area contributed by atoms with Gasteiger partial charge >= 0.3 is 0 Å². The van der Waals surface area contributed by atoms with Crippen molar-refractivity contribution < 1.29 is 4.79 Å². The minimum absolute atomic E-state index is 0.191. The molecule has 1 aromatic heterocycles. The fraction of sp³-hybridized carbons (Fsp3) is 0.105. The molecule has 0 aliphatic carbocycles. The van der Waals surface area contributed by atoms with Crippen LogP contribution in [0.25, 0.3) is 11.3 Å². The van der Waals surface area contributed by atoms with Crippen LogP contribution < -0.4 is 5.32 Å². The Morgan fingerprint density at radius 1 is 1.04 bits per heavy atom. The van der Waals surface area contributed by atoms with Gasteiger partial charge in [0, 0.05) is 5.56 Å². The lowest BCUT2D eigenvalue weighted by atomic mass is 10.1. The molecule has 0 aliphatic rings. The zero-order valence-electron chi connectivity index (χ0n) is 13.9. The van der Waals surface area contributed by atoms with Crippen LogP contribution in [0.2, 0.25) is 10.0 Å². The summed E-state index contributed by atoms with van der Waals surface area (Å²) in [7, 11) is 0. The van der Waals surface area contributed by atoms with Crippen LogP contribution in [0.3, 0.4) is 0 Å². The highest BCUT2D eigenvalue weighted by molar-refractivity contribution is 7.99. The molecule has 1 amide bonds. The van der Waals surface area contributed by atoms with E-state index in [1.54, 1.807) is 18.2 Å². The number of rotatable bonds is 5. The molecule has 3 aromatic rings. The Hall–Kier alpha value is -2.08. The van der Waals surface area contributed by atoms with Crippen molar-refractivity contribution in [1.29, 1.82) is 0 Å². The molecule has 1 heterocycles. The highest BCUT2D eigenvalue weighted by Gasteiger charge is 2.09. The third-order valence-corrected chi connectivity index (χ3v) is 5.30. The van der Waals surface area contributed by atoms with E-state index in [-0.39, 0.29) is 11.7 Å². The number of aryl methyl sites for hydroxylation is 1. The van der Waals surface area contributed by atoms with Crippen molar-refractivity contribution in [1.82, 2.24) is 10.2 Å². The molecule has 0 fully saturated rings. The number of nitrogens with zero attached hydrogens (tertiary/aromatic N) is 2. The van der Waals surface area contributed by atoms with Crippen LogP contribution in [0.4, 0.5) is 5.69 Å². The van der Waals surface area contributed by atoms with E-state index < -0.39 is 0 Å². The summed E-state index contributed by atoms with van der Waals surface area (Å²) in [6, 6.07) is 16.9. The summed E-state index contributed by atoms with van der Waals surface area (Å²) in [6.07, 6.45) is 0. The first-order chi connectivity index (χ1) is 12.5. The lowest BCUT2D eigenvalue weighted by Gasteiger charge is -2.08. The topological polar surface area (TPSA) is 54.9 Å². The van der Waals surface area contributed by atoms with Gasteiger partial charge in [0.2, 0.25) is 5.91 Å². The molecule has 1 N–H and O–H groups in total. The Bertz CT molecular complexity index is 915. The van der Waals surface area contributed by atoms with Crippen LogP contribution in [0, 0.1) is 6.92 Å². The first-order valence-corrected chi connectivity index (χ1v) is 9.54. The fourth-order valence-corrected chi connectivity index (χ4v) is 3.16. The van der Waals surface area contributed by atoms with Crippen LogP contribution in [0.5, 0.6) is 0 Å². The molecule has 0 spiro atoms. The zero-order valence-corrected chi connectivity index (χ0v) is 16.2. The molecular weight excluding hydrogens is 389 g/mol. The maximum atomic E-state index is 12.1. The van der Waals surface area contributed by atoms with Gasteiger partial charge in [-0.3, -0.25) is 4.79 Å². The Morgan fingerprint density at radius 2 is 1.81 bits per heavy atom. The van der Waals surface area contributed by atoms with Crippen molar-refractivity contribution in [2.75, 3.05) is 11.1 Å². The summed E-state index contributed by atoms with van der Waals surface area (Å²) in [5.74, 6) is 0.00470. The maximum Gasteiger partial charge on any atom is 0.234 e. The Balaban J connectivity index is 1.58. The number of nitrogens with one attached hydrogen (secondary N) is 1. The predicted octanol–water partition coefficient (Wildman–Crippen LogP) is 5.49. The second-order valence-electron chi connectivity index (χ2n) is 5.56. The van der Waals surface area contributed by atoms with Crippen LogP contribution in [0.1, 0.15) is 5.56 Å². The normalized spacial score (nSPS) is 10.6. The molecule has 0 saturated carbocycles. The van der Waals surface area contributed by atoms with E-state index in [1.807, 2.05) is 43.3 Å². The van der Waals surface area contributed by atoms with Gasteiger partial charge < -0.3 is 5.32 Å². The minimum atomic E-state index is -0.191. The number of carbonyl (C=O) groups excluding carboxylic acids is 1. The smallest absolute Gasteiger partial charge is 0.234 e. The molecule has 0 bridgehead atoms. The number of amides is 1. The third-order valence-electron chi connectivity index (χ3n) is 3.56. The number of halogens is 2. The molecule has 3 rings (SSSR count). The minimum Gasteiger partial charge on any atom is -0.324 e. The van der Waals surface area contributed by atoms with Gasteiger partial charge in [-0.25, -0.2) is 0 Å². The molecule has 0 atom stereocenters. The summed E-state index contributed by atoms with van der Waals surface area (Å²) in [5.41, 5.74) is 3.49. The van der Waals surface area contributed by atoms with Crippen molar-refractivity contribution in [3.05, 3.63) is 70.2 Å². The number of anilines is 1. The van der Waals surface area contributed by atoms with E-state index in [1.165, 1.54) is 17.3 Å². The first kappa shape index (κ1) is 18.7.